The van der Waals surface area contributed by atoms with E-state index in [0.29, 0.717) is 0 Å². The minimum Gasteiger partial charge on any atom is -0.455 e. The van der Waals surface area contributed by atoms with Crippen LogP contribution in [-0.4, -0.2) is 4.57 Å². The van der Waals surface area contributed by atoms with Crippen LogP contribution in [0.4, 0.5) is 17.1 Å². The van der Waals surface area contributed by atoms with Gasteiger partial charge in [0, 0.05) is 59.3 Å². The van der Waals surface area contributed by atoms with Crippen molar-refractivity contribution in [1.82, 2.24) is 4.57 Å². The minimum atomic E-state index is 0.894. The van der Waals surface area contributed by atoms with E-state index in [1.54, 1.807) is 0 Å². The number of para-hydroxylation sites is 3. The van der Waals surface area contributed by atoms with Gasteiger partial charge in [0.1, 0.15) is 11.2 Å². The Labute approximate surface area is 326 Å². The Balaban J connectivity index is 1.07. The summed E-state index contributed by atoms with van der Waals surface area (Å²) in [6.07, 6.45) is 0. The third-order valence-corrected chi connectivity index (χ3v) is 12.6. The van der Waals surface area contributed by atoms with Crippen molar-refractivity contribution in [2.75, 3.05) is 4.90 Å². The number of anilines is 3. The summed E-state index contributed by atoms with van der Waals surface area (Å²) in [6, 6.07) is 70.2. The summed E-state index contributed by atoms with van der Waals surface area (Å²) in [5.41, 5.74) is 11.0. The predicted molar refractivity (Wildman–Crippen MR) is 239 cm³/mol. The fourth-order valence-corrected chi connectivity index (χ4v) is 10.1. The number of fused-ring (bicyclic) bond motifs is 11. The van der Waals surface area contributed by atoms with Crippen molar-refractivity contribution in [3.63, 3.8) is 0 Å². The molecule has 0 N–H and O–H groups in total. The minimum absolute atomic E-state index is 0.894. The van der Waals surface area contributed by atoms with Crippen LogP contribution in [0.5, 0.6) is 0 Å². The first kappa shape index (κ1) is 31.2. The van der Waals surface area contributed by atoms with Crippen LogP contribution < -0.4 is 4.90 Å². The van der Waals surface area contributed by atoms with Crippen molar-refractivity contribution < 1.29 is 4.42 Å². The van der Waals surface area contributed by atoms with Gasteiger partial charge in [0.25, 0.3) is 0 Å². The smallest absolute Gasteiger partial charge is 0.143 e. The molecule has 12 rings (SSSR count). The molecule has 3 heterocycles. The van der Waals surface area contributed by atoms with Gasteiger partial charge in [-0.25, -0.2) is 0 Å². The van der Waals surface area contributed by atoms with E-state index in [1.165, 1.54) is 47.4 Å². The van der Waals surface area contributed by atoms with Crippen LogP contribution in [-0.2, 0) is 0 Å². The summed E-state index contributed by atoms with van der Waals surface area (Å²) < 4.78 is 11.5. The largest absolute Gasteiger partial charge is 0.455 e. The van der Waals surface area contributed by atoms with E-state index in [2.05, 4.69) is 204 Å². The Morgan fingerprint density at radius 2 is 1.11 bits per heavy atom. The van der Waals surface area contributed by atoms with Gasteiger partial charge in [0.15, 0.2) is 0 Å². The number of furan rings is 1. The standard InChI is InChI=1S/C52H32N2OS/c1-2-14-38-33(12-1)24-30-42-44-32-34(25-31-49(44)55-51(38)42)37-13-3-7-19-45(37)54(48-22-11-18-43-41-17-6-10-23-50(41)56-52(43)48)36-28-26-35(27-29-36)53-46-20-8-4-15-39(46)40-16-5-9-21-47(40)53/h1-32H. The molecule has 4 heteroatoms. The number of hydrogen-bond donors (Lipinski definition) is 0. The number of benzene rings is 9. The van der Waals surface area contributed by atoms with Crippen molar-refractivity contribution in [2.45, 2.75) is 0 Å². The number of aromatic nitrogens is 1. The van der Waals surface area contributed by atoms with Gasteiger partial charge in [-0.1, -0.05) is 121 Å². The van der Waals surface area contributed by atoms with E-state index >= 15 is 0 Å². The molecule has 262 valence electrons. The average molecular weight is 733 g/mol. The molecule has 12 aromatic rings. The van der Waals surface area contributed by atoms with Crippen molar-refractivity contribution in [2.24, 2.45) is 0 Å². The van der Waals surface area contributed by atoms with Crippen molar-refractivity contribution in [3.8, 4) is 16.8 Å². The summed E-state index contributed by atoms with van der Waals surface area (Å²) in [4.78, 5) is 2.45. The zero-order valence-corrected chi connectivity index (χ0v) is 31.0. The Kier molecular flexibility index (Phi) is 6.80. The molecular formula is C52H32N2OS. The maximum absolute atomic E-state index is 6.53. The molecule has 9 aromatic carbocycles. The van der Waals surface area contributed by atoms with Gasteiger partial charge in [0.05, 0.1) is 27.1 Å². The normalized spacial score (nSPS) is 11.9. The highest BCUT2D eigenvalue weighted by Gasteiger charge is 2.22. The first-order chi connectivity index (χ1) is 27.8. The molecule has 0 saturated carbocycles. The Hall–Kier alpha value is -7.14. The van der Waals surface area contributed by atoms with Gasteiger partial charge in [-0.2, -0.15) is 0 Å². The molecule has 0 atom stereocenters. The van der Waals surface area contributed by atoms with E-state index in [-0.39, 0.29) is 0 Å². The molecule has 0 aliphatic rings. The van der Waals surface area contributed by atoms with Crippen molar-refractivity contribution in [1.29, 1.82) is 0 Å². The van der Waals surface area contributed by atoms with E-state index < -0.39 is 0 Å². The number of thiophene rings is 1. The molecule has 3 nitrogen and oxygen atoms in total. The number of hydrogen-bond acceptors (Lipinski definition) is 3. The molecule has 0 amide bonds. The second kappa shape index (κ2) is 12.2. The summed E-state index contributed by atoms with van der Waals surface area (Å²) in [5, 5.41) is 9.64. The number of nitrogens with zero attached hydrogens (tertiary/aromatic N) is 2. The lowest BCUT2D eigenvalue weighted by molar-refractivity contribution is 0.672. The van der Waals surface area contributed by atoms with Crippen LogP contribution in [0.15, 0.2) is 199 Å². The number of rotatable bonds is 5. The van der Waals surface area contributed by atoms with E-state index in [0.717, 1.165) is 61.2 Å². The maximum Gasteiger partial charge on any atom is 0.143 e. The molecule has 0 aliphatic heterocycles. The topological polar surface area (TPSA) is 21.3 Å². The molecule has 0 saturated heterocycles. The molecular weight excluding hydrogens is 701 g/mol. The zero-order valence-electron chi connectivity index (χ0n) is 30.2. The average Bonchev–Trinajstić information content (AvgIpc) is 3.94. The monoisotopic (exact) mass is 732 g/mol. The van der Waals surface area contributed by atoms with Crippen LogP contribution in [0.2, 0.25) is 0 Å². The molecule has 0 radical (unpaired) electrons. The lowest BCUT2D eigenvalue weighted by Crippen LogP contribution is -2.11. The third-order valence-electron chi connectivity index (χ3n) is 11.4. The fraction of sp³-hybridized carbons (Fsp3) is 0. The Morgan fingerprint density at radius 1 is 0.446 bits per heavy atom. The van der Waals surface area contributed by atoms with Crippen molar-refractivity contribution in [3.05, 3.63) is 194 Å². The van der Waals surface area contributed by atoms with Gasteiger partial charge in [0.2, 0.25) is 0 Å². The molecule has 0 spiro atoms. The molecule has 0 unspecified atom stereocenters. The molecule has 56 heavy (non-hydrogen) atoms. The Bertz CT molecular complexity index is 3440. The highest BCUT2D eigenvalue weighted by atomic mass is 32.1. The summed E-state index contributed by atoms with van der Waals surface area (Å²) >= 11 is 1.86. The predicted octanol–water partition coefficient (Wildman–Crippen LogP) is 15.3. The summed E-state index contributed by atoms with van der Waals surface area (Å²) in [5.74, 6) is 0. The molecule has 0 aliphatic carbocycles. The van der Waals surface area contributed by atoms with E-state index in [1.807, 2.05) is 11.3 Å². The second-order valence-corrected chi connectivity index (χ2v) is 15.5. The molecule has 3 aromatic heterocycles. The SMILES string of the molecule is c1ccc(N(c2ccc(-n3c4ccccc4c4ccccc43)cc2)c2cccc3c2sc2ccccc23)c(-c2ccc3oc4c5ccccc5ccc4c3c2)c1. The van der Waals surface area contributed by atoms with Gasteiger partial charge >= 0.3 is 0 Å². The summed E-state index contributed by atoms with van der Waals surface area (Å²) in [7, 11) is 0. The van der Waals surface area contributed by atoms with Gasteiger partial charge in [-0.3, -0.25) is 0 Å². The van der Waals surface area contributed by atoms with E-state index in [4.69, 9.17) is 4.42 Å². The van der Waals surface area contributed by atoms with Gasteiger partial charge < -0.3 is 13.9 Å². The summed E-state index contributed by atoms with van der Waals surface area (Å²) in [6.45, 7) is 0. The lowest BCUT2D eigenvalue weighted by Gasteiger charge is -2.28. The first-order valence-electron chi connectivity index (χ1n) is 19.0. The second-order valence-electron chi connectivity index (χ2n) is 14.5. The van der Waals surface area contributed by atoms with Gasteiger partial charge in [-0.05, 0) is 83.7 Å². The zero-order chi connectivity index (χ0) is 36.7. The Morgan fingerprint density at radius 3 is 1.93 bits per heavy atom. The third kappa shape index (κ3) is 4.63. The van der Waals surface area contributed by atoms with Crippen LogP contribution >= 0.6 is 11.3 Å². The van der Waals surface area contributed by atoms with Crippen LogP contribution in [0, 0.1) is 0 Å². The highest BCUT2D eigenvalue weighted by Crippen LogP contribution is 2.48. The maximum atomic E-state index is 6.53. The van der Waals surface area contributed by atoms with Crippen molar-refractivity contribution >= 4 is 103 Å². The lowest BCUT2D eigenvalue weighted by atomic mass is 9.99. The highest BCUT2D eigenvalue weighted by molar-refractivity contribution is 7.26. The van der Waals surface area contributed by atoms with Crippen LogP contribution in [0.3, 0.4) is 0 Å². The van der Waals surface area contributed by atoms with Crippen LogP contribution in [0.25, 0.3) is 91.5 Å². The fourth-order valence-electron chi connectivity index (χ4n) is 8.85. The molecule has 0 fully saturated rings. The van der Waals surface area contributed by atoms with Gasteiger partial charge in [-0.15, -0.1) is 11.3 Å². The first-order valence-corrected chi connectivity index (χ1v) is 19.8. The van der Waals surface area contributed by atoms with E-state index in [9.17, 15) is 0 Å². The van der Waals surface area contributed by atoms with Crippen LogP contribution in [0.1, 0.15) is 0 Å². The quantitative estimate of drug-likeness (QED) is 0.176. The molecule has 0 bridgehead atoms.